The lowest BCUT2D eigenvalue weighted by Crippen LogP contribution is -2.31. The highest BCUT2D eigenvalue weighted by atomic mass is 16.5. The van der Waals surface area contributed by atoms with Crippen molar-refractivity contribution in [3.05, 3.63) is 52.9 Å². The topological polar surface area (TPSA) is 75.4 Å². The van der Waals surface area contributed by atoms with Crippen molar-refractivity contribution >= 4 is 5.91 Å². The number of aromatic nitrogens is 1. The van der Waals surface area contributed by atoms with Gasteiger partial charge >= 0.3 is 0 Å². The molecule has 1 aromatic carbocycles. The summed E-state index contributed by atoms with van der Waals surface area (Å²) in [5.74, 6) is 0.706. The van der Waals surface area contributed by atoms with E-state index in [0.717, 1.165) is 16.8 Å². The van der Waals surface area contributed by atoms with Crippen molar-refractivity contribution in [3.63, 3.8) is 0 Å². The molecule has 2 aromatic rings. The number of benzene rings is 1. The second-order valence-electron chi connectivity index (χ2n) is 5.98. The lowest BCUT2D eigenvalue weighted by molar-refractivity contribution is -0.120. The van der Waals surface area contributed by atoms with Crippen LogP contribution in [0.4, 0.5) is 0 Å². The highest BCUT2D eigenvalue weighted by Gasteiger charge is 2.17. The minimum Gasteiger partial charge on any atom is -0.393 e. The molecule has 0 aliphatic heterocycles. The van der Waals surface area contributed by atoms with Crippen molar-refractivity contribution in [2.45, 2.75) is 45.6 Å². The van der Waals surface area contributed by atoms with Gasteiger partial charge in [0, 0.05) is 18.0 Å². The summed E-state index contributed by atoms with van der Waals surface area (Å²) in [6, 6.07) is 9.94. The molecule has 0 aliphatic carbocycles. The Hall–Kier alpha value is -2.14. The lowest BCUT2D eigenvalue weighted by Gasteiger charge is -2.19. The molecule has 0 radical (unpaired) electrons. The number of aliphatic hydroxyl groups excluding tert-OH is 1. The first-order valence-corrected chi connectivity index (χ1v) is 7.88. The van der Waals surface area contributed by atoms with Crippen LogP contribution in [0, 0.1) is 13.8 Å². The van der Waals surface area contributed by atoms with Crippen LogP contribution in [0.2, 0.25) is 0 Å². The first-order valence-electron chi connectivity index (χ1n) is 7.88. The molecule has 1 heterocycles. The molecule has 1 aromatic heterocycles. The Morgan fingerprint density at radius 3 is 2.57 bits per heavy atom. The van der Waals surface area contributed by atoms with E-state index in [4.69, 9.17) is 4.52 Å². The van der Waals surface area contributed by atoms with Crippen LogP contribution in [0.1, 0.15) is 41.8 Å². The molecule has 5 nitrogen and oxygen atoms in total. The summed E-state index contributed by atoms with van der Waals surface area (Å²) in [7, 11) is 0. The molecule has 0 aliphatic rings. The third-order valence-corrected chi connectivity index (χ3v) is 3.96. The zero-order chi connectivity index (χ0) is 16.8. The molecule has 2 atom stereocenters. The molecular formula is C18H24N2O3. The van der Waals surface area contributed by atoms with E-state index in [1.54, 1.807) is 6.92 Å². The van der Waals surface area contributed by atoms with Crippen LogP contribution in [0.5, 0.6) is 0 Å². The number of carbonyl (C=O) groups excluding carboxylic acids is 1. The van der Waals surface area contributed by atoms with Gasteiger partial charge in [-0.05, 0) is 32.8 Å². The Morgan fingerprint density at radius 2 is 2.00 bits per heavy atom. The third-order valence-electron chi connectivity index (χ3n) is 3.96. The quantitative estimate of drug-likeness (QED) is 0.823. The minimum absolute atomic E-state index is 0.0640. The van der Waals surface area contributed by atoms with E-state index in [9.17, 15) is 9.90 Å². The second-order valence-corrected chi connectivity index (χ2v) is 5.98. The van der Waals surface area contributed by atoms with E-state index < -0.39 is 6.10 Å². The van der Waals surface area contributed by atoms with Gasteiger partial charge in [-0.15, -0.1) is 0 Å². The zero-order valence-corrected chi connectivity index (χ0v) is 13.9. The van der Waals surface area contributed by atoms with Gasteiger partial charge in [0.05, 0.1) is 18.2 Å². The van der Waals surface area contributed by atoms with E-state index in [2.05, 4.69) is 10.5 Å². The number of hydrogen-bond acceptors (Lipinski definition) is 4. The van der Waals surface area contributed by atoms with Crippen molar-refractivity contribution in [3.8, 4) is 0 Å². The van der Waals surface area contributed by atoms with E-state index in [-0.39, 0.29) is 18.2 Å². The van der Waals surface area contributed by atoms with Crippen LogP contribution in [-0.4, -0.2) is 28.8 Å². The number of rotatable bonds is 7. The van der Waals surface area contributed by atoms with Crippen molar-refractivity contribution in [2.24, 2.45) is 0 Å². The predicted octanol–water partition coefficient (Wildman–Crippen LogP) is 2.50. The predicted molar refractivity (Wildman–Crippen MR) is 88.2 cm³/mol. The van der Waals surface area contributed by atoms with Crippen LogP contribution in [0.25, 0.3) is 0 Å². The number of nitrogens with zero attached hydrogens (tertiary/aromatic N) is 1. The molecule has 0 spiro atoms. The fourth-order valence-electron chi connectivity index (χ4n) is 2.69. The smallest absolute Gasteiger partial charge is 0.224 e. The summed E-state index contributed by atoms with van der Waals surface area (Å²) in [5.41, 5.74) is 2.71. The van der Waals surface area contributed by atoms with Crippen LogP contribution in [0.3, 0.4) is 0 Å². The van der Waals surface area contributed by atoms with Crippen LogP contribution in [-0.2, 0) is 11.2 Å². The first-order chi connectivity index (χ1) is 11.0. The second kappa shape index (κ2) is 7.92. The molecule has 23 heavy (non-hydrogen) atoms. The Morgan fingerprint density at radius 1 is 1.30 bits per heavy atom. The average Bonchev–Trinajstić information content (AvgIpc) is 2.84. The summed E-state index contributed by atoms with van der Waals surface area (Å²) < 4.78 is 5.08. The van der Waals surface area contributed by atoms with Gasteiger partial charge in [0.15, 0.2) is 0 Å². The number of carbonyl (C=O) groups is 1. The first kappa shape index (κ1) is 17.2. The van der Waals surface area contributed by atoms with Gasteiger partial charge in [-0.25, -0.2) is 0 Å². The van der Waals surface area contributed by atoms with E-state index in [1.165, 1.54) is 0 Å². The normalized spacial score (nSPS) is 13.6. The summed E-state index contributed by atoms with van der Waals surface area (Å²) >= 11 is 0. The van der Waals surface area contributed by atoms with Gasteiger partial charge in [-0.2, -0.15) is 0 Å². The highest BCUT2D eigenvalue weighted by Crippen LogP contribution is 2.20. The van der Waals surface area contributed by atoms with Crippen molar-refractivity contribution in [2.75, 3.05) is 6.54 Å². The van der Waals surface area contributed by atoms with E-state index in [0.29, 0.717) is 18.7 Å². The van der Waals surface area contributed by atoms with Gasteiger partial charge in [-0.3, -0.25) is 4.79 Å². The number of aryl methyl sites for hydroxylation is 2. The zero-order valence-electron chi connectivity index (χ0n) is 13.9. The molecular weight excluding hydrogens is 292 g/mol. The Kier molecular flexibility index (Phi) is 5.93. The maximum absolute atomic E-state index is 12.2. The largest absolute Gasteiger partial charge is 0.393 e. The molecule has 124 valence electrons. The van der Waals surface area contributed by atoms with Crippen LogP contribution >= 0.6 is 0 Å². The molecule has 0 fully saturated rings. The van der Waals surface area contributed by atoms with Crippen LogP contribution < -0.4 is 5.32 Å². The van der Waals surface area contributed by atoms with Gasteiger partial charge in [0.2, 0.25) is 5.91 Å². The monoisotopic (exact) mass is 316 g/mol. The summed E-state index contributed by atoms with van der Waals surface area (Å²) in [5, 5.41) is 16.5. The molecule has 2 unspecified atom stereocenters. The van der Waals surface area contributed by atoms with Crippen LogP contribution in [0.15, 0.2) is 34.9 Å². The van der Waals surface area contributed by atoms with Gasteiger partial charge in [-0.1, -0.05) is 35.5 Å². The summed E-state index contributed by atoms with van der Waals surface area (Å²) in [4.78, 5) is 12.2. The number of aliphatic hydroxyl groups is 1. The fraction of sp³-hybridized carbons (Fsp3) is 0.444. The van der Waals surface area contributed by atoms with E-state index in [1.807, 2.05) is 44.2 Å². The average molecular weight is 316 g/mol. The Bertz CT molecular complexity index is 615. The lowest BCUT2D eigenvalue weighted by atomic mass is 9.93. The van der Waals surface area contributed by atoms with Crippen molar-refractivity contribution in [1.82, 2.24) is 10.5 Å². The maximum atomic E-state index is 12.2. The molecule has 0 bridgehead atoms. The standard InChI is InChI=1S/C18H24N2O3/c1-12(21)9-16(15-7-5-4-6-8-15)11-19-18(22)10-17-13(2)20-23-14(17)3/h4-8,12,16,21H,9-11H2,1-3H3,(H,19,22). The van der Waals surface area contributed by atoms with Gasteiger partial charge < -0.3 is 14.9 Å². The highest BCUT2D eigenvalue weighted by molar-refractivity contribution is 5.79. The summed E-state index contributed by atoms with van der Waals surface area (Å²) in [6.45, 7) is 5.90. The Balaban J connectivity index is 1.97. The number of hydrogen-bond donors (Lipinski definition) is 2. The molecule has 2 rings (SSSR count). The molecule has 1 amide bonds. The molecule has 5 heteroatoms. The molecule has 0 saturated heterocycles. The Labute approximate surface area is 136 Å². The van der Waals surface area contributed by atoms with Crippen molar-refractivity contribution < 1.29 is 14.4 Å². The fourth-order valence-corrected chi connectivity index (χ4v) is 2.69. The summed E-state index contributed by atoms with van der Waals surface area (Å²) in [6.07, 6.45) is 0.451. The molecule has 2 N–H and O–H groups in total. The van der Waals surface area contributed by atoms with Crippen molar-refractivity contribution in [1.29, 1.82) is 0 Å². The SMILES string of the molecule is Cc1noc(C)c1CC(=O)NCC(CC(C)O)c1ccccc1. The number of amides is 1. The van der Waals surface area contributed by atoms with Gasteiger partial charge in [0.25, 0.3) is 0 Å². The molecule has 0 saturated carbocycles. The minimum atomic E-state index is -0.417. The third kappa shape index (κ3) is 4.93. The van der Waals surface area contributed by atoms with E-state index >= 15 is 0 Å². The van der Waals surface area contributed by atoms with Gasteiger partial charge in [0.1, 0.15) is 5.76 Å². The maximum Gasteiger partial charge on any atom is 0.224 e. The number of nitrogens with one attached hydrogen (secondary N) is 1.